The normalized spacial score (nSPS) is 8.55. The van der Waals surface area contributed by atoms with Gasteiger partial charge in [0.1, 0.15) is 0 Å². The monoisotopic (exact) mass is 222 g/mol. The zero-order chi connectivity index (χ0) is 7.56. The summed E-state index contributed by atoms with van der Waals surface area (Å²) in [4.78, 5) is 10.8. The first-order valence-electron chi connectivity index (χ1n) is 3.20. The number of hydrogen-bond donors (Lipinski definition) is 0. The first-order chi connectivity index (χ1) is 4.72. The summed E-state index contributed by atoms with van der Waals surface area (Å²) in [5.41, 5.74) is 1.69. The molecule has 0 amide bonds. The zero-order valence-corrected chi connectivity index (χ0v) is 9.56. The molecule has 1 aromatic carbocycles. The average molecular weight is 222 g/mol. The van der Waals surface area contributed by atoms with Crippen molar-refractivity contribution in [2.45, 2.75) is 13.8 Å². The Labute approximate surface area is 92.1 Å². The number of aryl methyl sites for hydroxylation is 1. The van der Waals surface area contributed by atoms with Crippen LogP contribution < -0.4 is 0 Å². The molecule has 11 heavy (non-hydrogen) atoms. The van der Waals surface area contributed by atoms with E-state index in [1.165, 1.54) is 0 Å². The molecule has 0 fully saturated rings. The summed E-state index contributed by atoms with van der Waals surface area (Å²) in [7, 11) is 0. The first kappa shape index (κ1) is 11.0. The number of ketones is 1. The van der Waals surface area contributed by atoms with E-state index in [1.54, 1.807) is 13.0 Å². The van der Waals surface area contributed by atoms with Crippen LogP contribution in [0.3, 0.4) is 0 Å². The summed E-state index contributed by atoms with van der Waals surface area (Å²) in [5.74, 6) is 0.0816. The molecule has 0 saturated carbocycles. The van der Waals surface area contributed by atoms with Crippen LogP contribution in [0.25, 0.3) is 0 Å². The standard InChI is InChI=1S/C9H9O.Y/c1-7-5-3-4-6-9(7)8(2)10;/h3-5H,1-2H3;/q-1;. The van der Waals surface area contributed by atoms with E-state index in [1.807, 2.05) is 19.1 Å². The Hall–Kier alpha value is -0.00610. The summed E-state index contributed by atoms with van der Waals surface area (Å²) >= 11 is 0. The van der Waals surface area contributed by atoms with Crippen molar-refractivity contribution in [1.29, 1.82) is 0 Å². The Morgan fingerprint density at radius 2 is 2.18 bits per heavy atom. The van der Waals surface area contributed by atoms with Crippen LogP contribution in [-0.4, -0.2) is 5.78 Å². The molecule has 2 heteroatoms. The Bertz CT molecular complexity index is 255. The predicted molar refractivity (Wildman–Crippen MR) is 40.0 cm³/mol. The molecule has 0 N–H and O–H groups in total. The summed E-state index contributed by atoms with van der Waals surface area (Å²) in [6.07, 6.45) is 0. The SMILES string of the molecule is CC(=O)c1[c-]cccc1C.[Y]. The molecule has 0 spiro atoms. The third kappa shape index (κ3) is 2.84. The van der Waals surface area contributed by atoms with E-state index in [2.05, 4.69) is 6.07 Å². The van der Waals surface area contributed by atoms with E-state index in [9.17, 15) is 4.79 Å². The fourth-order valence-corrected chi connectivity index (χ4v) is 0.900. The van der Waals surface area contributed by atoms with E-state index in [0.29, 0.717) is 5.56 Å². The van der Waals surface area contributed by atoms with E-state index in [4.69, 9.17) is 0 Å². The first-order valence-corrected chi connectivity index (χ1v) is 3.20. The van der Waals surface area contributed by atoms with Crippen molar-refractivity contribution in [1.82, 2.24) is 0 Å². The van der Waals surface area contributed by atoms with Crippen LogP contribution in [0, 0.1) is 13.0 Å². The minimum absolute atomic E-state index is 0. The summed E-state index contributed by atoms with van der Waals surface area (Å²) in [6.45, 7) is 3.46. The van der Waals surface area contributed by atoms with Gasteiger partial charge in [-0.05, 0) is 6.92 Å². The third-order valence-corrected chi connectivity index (χ3v) is 1.42. The molecule has 0 heterocycles. The van der Waals surface area contributed by atoms with Crippen LogP contribution in [0.5, 0.6) is 0 Å². The smallest absolute Gasteiger partial charge is 0.0758 e. The maximum Gasteiger partial charge on any atom is 0.0758 e. The predicted octanol–water partition coefficient (Wildman–Crippen LogP) is 2.00. The van der Waals surface area contributed by atoms with Crippen molar-refractivity contribution < 1.29 is 37.5 Å². The van der Waals surface area contributed by atoms with Crippen molar-refractivity contribution in [3.63, 3.8) is 0 Å². The van der Waals surface area contributed by atoms with Crippen LogP contribution in [-0.2, 0) is 32.7 Å². The summed E-state index contributed by atoms with van der Waals surface area (Å²) in [6, 6.07) is 8.43. The molecule has 1 aromatic rings. The van der Waals surface area contributed by atoms with Crippen molar-refractivity contribution in [2.75, 3.05) is 0 Å². The summed E-state index contributed by atoms with van der Waals surface area (Å²) in [5, 5.41) is 0. The van der Waals surface area contributed by atoms with Crippen molar-refractivity contribution >= 4 is 5.78 Å². The fourth-order valence-electron chi connectivity index (χ4n) is 0.900. The second-order valence-corrected chi connectivity index (χ2v) is 2.28. The molecular weight excluding hydrogens is 213 g/mol. The quantitative estimate of drug-likeness (QED) is 0.524. The van der Waals surface area contributed by atoms with Gasteiger partial charge < -0.3 is 4.79 Å². The molecule has 0 aromatic heterocycles. The zero-order valence-electron chi connectivity index (χ0n) is 6.72. The largest absolute Gasteiger partial charge is 0.352 e. The molecule has 0 aliphatic rings. The number of rotatable bonds is 1. The van der Waals surface area contributed by atoms with Crippen LogP contribution in [0.1, 0.15) is 22.8 Å². The number of hydrogen-bond acceptors (Lipinski definition) is 1. The van der Waals surface area contributed by atoms with Crippen molar-refractivity contribution in [3.05, 3.63) is 35.4 Å². The van der Waals surface area contributed by atoms with Gasteiger partial charge in [-0.2, -0.15) is 0 Å². The van der Waals surface area contributed by atoms with Gasteiger partial charge in [0.2, 0.25) is 0 Å². The molecule has 0 saturated heterocycles. The minimum Gasteiger partial charge on any atom is -0.352 e. The van der Waals surface area contributed by atoms with Crippen LogP contribution >= 0.6 is 0 Å². The molecule has 0 bridgehead atoms. The van der Waals surface area contributed by atoms with Crippen LogP contribution in [0.15, 0.2) is 18.2 Å². The Balaban J connectivity index is 0.000001000. The van der Waals surface area contributed by atoms with Gasteiger partial charge in [0.15, 0.2) is 0 Å². The van der Waals surface area contributed by atoms with E-state index in [0.717, 1.165) is 5.56 Å². The minimum atomic E-state index is 0. The topological polar surface area (TPSA) is 17.1 Å². The van der Waals surface area contributed by atoms with Gasteiger partial charge in [-0.1, -0.05) is 6.92 Å². The van der Waals surface area contributed by atoms with E-state index < -0.39 is 0 Å². The number of carbonyl (C=O) groups is 1. The second-order valence-electron chi connectivity index (χ2n) is 2.28. The summed E-state index contributed by atoms with van der Waals surface area (Å²) < 4.78 is 0. The van der Waals surface area contributed by atoms with Gasteiger partial charge in [0.05, 0.1) is 5.78 Å². The Morgan fingerprint density at radius 1 is 1.55 bits per heavy atom. The molecule has 0 aliphatic heterocycles. The molecule has 1 radical (unpaired) electrons. The molecule has 1 nitrogen and oxygen atoms in total. The maximum absolute atomic E-state index is 10.8. The van der Waals surface area contributed by atoms with Gasteiger partial charge in [-0.25, -0.2) is 0 Å². The van der Waals surface area contributed by atoms with Gasteiger partial charge in [0.25, 0.3) is 0 Å². The number of benzene rings is 1. The number of carbonyl (C=O) groups excluding carboxylic acids is 1. The molecule has 0 atom stereocenters. The maximum atomic E-state index is 10.8. The molecule has 55 valence electrons. The van der Waals surface area contributed by atoms with Gasteiger partial charge in [-0.15, -0.1) is 35.4 Å². The van der Waals surface area contributed by atoms with Gasteiger partial charge in [-0.3, -0.25) is 0 Å². The fraction of sp³-hybridized carbons (Fsp3) is 0.222. The van der Waals surface area contributed by atoms with Gasteiger partial charge in [0, 0.05) is 32.7 Å². The molecular formula is C9H9OY-. The molecule has 1 rings (SSSR count). The van der Waals surface area contributed by atoms with Crippen molar-refractivity contribution in [3.8, 4) is 0 Å². The van der Waals surface area contributed by atoms with Gasteiger partial charge >= 0.3 is 0 Å². The average Bonchev–Trinajstić information content (AvgIpc) is 1.88. The van der Waals surface area contributed by atoms with E-state index >= 15 is 0 Å². The molecule has 0 unspecified atom stereocenters. The van der Waals surface area contributed by atoms with Crippen molar-refractivity contribution in [2.24, 2.45) is 0 Å². The van der Waals surface area contributed by atoms with Crippen LogP contribution in [0.2, 0.25) is 0 Å². The second kappa shape index (κ2) is 4.79. The Kier molecular flexibility index (Phi) is 4.79. The molecule has 0 aliphatic carbocycles. The number of Topliss-reactive ketones (excluding diaryl/α,β-unsaturated/α-hetero) is 1. The third-order valence-electron chi connectivity index (χ3n) is 1.42. The Morgan fingerprint density at radius 3 is 2.55 bits per heavy atom. The van der Waals surface area contributed by atoms with E-state index in [-0.39, 0.29) is 38.5 Å². The van der Waals surface area contributed by atoms with Crippen LogP contribution in [0.4, 0.5) is 0 Å².